The molecule has 0 aromatic carbocycles. The third kappa shape index (κ3) is 6.19. The summed E-state index contributed by atoms with van der Waals surface area (Å²) in [5, 5.41) is 0.937. The van der Waals surface area contributed by atoms with Gasteiger partial charge in [0.15, 0.2) is 0 Å². The largest absolute Gasteiger partial charge is 0.458 e. The lowest BCUT2D eigenvalue weighted by Crippen LogP contribution is -2.36. The van der Waals surface area contributed by atoms with Gasteiger partial charge in [-0.25, -0.2) is 4.79 Å². The van der Waals surface area contributed by atoms with Gasteiger partial charge in [-0.3, -0.25) is 0 Å². The van der Waals surface area contributed by atoms with Crippen molar-refractivity contribution in [1.29, 1.82) is 0 Å². The minimum absolute atomic E-state index is 0.109. The molecule has 1 aliphatic heterocycles. The molecule has 2 aliphatic rings. The normalized spacial score (nSPS) is 28.3. The minimum atomic E-state index is -0.416. The standard InChI is InChI=1S/C17H31O3S/c1-17(2,3)20-16(18)13-19-14-7-9-15(10-8-14)21-11-5-4-6-12-21/h14-15H,4-13H2,1-3H3/q+1. The highest BCUT2D eigenvalue weighted by molar-refractivity contribution is 7.97. The molecule has 0 N–H and O–H groups in total. The summed E-state index contributed by atoms with van der Waals surface area (Å²) in [4.78, 5) is 11.7. The van der Waals surface area contributed by atoms with Crippen LogP contribution in [0.4, 0.5) is 0 Å². The maximum atomic E-state index is 11.7. The van der Waals surface area contributed by atoms with E-state index in [0.29, 0.717) is 10.9 Å². The van der Waals surface area contributed by atoms with Gasteiger partial charge in [-0.05, 0) is 76.6 Å². The molecule has 1 heterocycles. The van der Waals surface area contributed by atoms with Crippen LogP contribution in [0.3, 0.4) is 0 Å². The molecule has 1 saturated heterocycles. The van der Waals surface area contributed by atoms with Crippen LogP contribution in [0.25, 0.3) is 0 Å². The van der Waals surface area contributed by atoms with E-state index >= 15 is 0 Å². The van der Waals surface area contributed by atoms with Crippen LogP contribution in [0, 0.1) is 0 Å². The highest BCUT2D eigenvalue weighted by atomic mass is 32.2. The molecule has 0 radical (unpaired) electrons. The summed E-state index contributed by atoms with van der Waals surface area (Å²) in [6, 6.07) is 0. The maximum absolute atomic E-state index is 11.7. The van der Waals surface area contributed by atoms with Gasteiger partial charge >= 0.3 is 5.97 Å². The molecule has 0 bridgehead atoms. The second-order valence-corrected chi connectivity index (χ2v) is 9.86. The lowest BCUT2D eigenvalue weighted by atomic mass is 9.97. The van der Waals surface area contributed by atoms with Crippen LogP contribution in [0.15, 0.2) is 0 Å². The fourth-order valence-corrected chi connectivity index (χ4v) is 6.24. The van der Waals surface area contributed by atoms with Crippen molar-refractivity contribution in [3.63, 3.8) is 0 Å². The number of esters is 1. The number of ether oxygens (including phenoxy) is 2. The van der Waals surface area contributed by atoms with Crippen LogP contribution in [0.2, 0.25) is 0 Å². The van der Waals surface area contributed by atoms with E-state index in [1.165, 1.54) is 43.6 Å². The molecule has 0 atom stereocenters. The quantitative estimate of drug-likeness (QED) is 0.589. The predicted molar refractivity (Wildman–Crippen MR) is 88.8 cm³/mol. The Hall–Kier alpha value is -0.220. The molecule has 0 aromatic heterocycles. The first kappa shape index (κ1) is 17.1. The Kier molecular flexibility index (Phi) is 6.42. The maximum Gasteiger partial charge on any atom is 0.332 e. The molecular weight excluding hydrogens is 284 g/mol. The molecule has 21 heavy (non-hydrogen) atoms. The Morgan fingerprint density at radius 3 is 2.24 bits per heavy atom. The van der Waals surface area contributed by atoms with Crippen LogP contribution in [0.5, 0.6) is 0 Å². The molecule has 0 aromatic rings. The number of hydrogen-bond acceptors (Lipinski definition) is 3. The topological polar surface area (TPSA) is 35.5 Å². The van der Waals surface area contributed by atoms with Crippen molar-refractivity contribution in [2.75, 3.05) is 18.1 Å². The first-order chi connectivity index (χ1) is 9.94. The zero-order valence-electron chi connectivity index (χ0n) is 13.9. The fraction of sp³-hybridized carbons (Fsp3) is 0.941. The van der Waals surface area contributed by atoms with E-state index < -0.39 is 5.60 Å². The molecule has 1 aliphatic carbocycles. The summed E-state index contributed by atoms with van der Waals surface area (Å²) in [5.41, 5.74) is -0.416. The molecule has 2 rings (SSSR count). The second kappa shape index (κ2) is 7.87. The van der Waals surface area contributed by atoms with Crippen LogP contribution in [-0.4, -0.2) is 41.0 Å². The number of carbonyl (C=O) groups excluding carboxylic acids is 1. The second-order valence-electron chi connectivity index (χ2n) is 7.30. The summed E-state index contributed by atoms with van der Waals surface area (Å²) in [7, 11) is 0.681. The third-order valence-corrected chi connectivity index (χ3v) is 7.30. The van der Waals surface area contributed by atoms with Crippen LogP contribution in [0.1, 0.15) is 65.7 Å². The van der Waals surface area contributed by atoms with E-state index in [0.717, 1.165) is 18.1 Å². The van der Waals surface area contributed by atoms with Gasteiger partial charge < -0.3 is 9.47 Å². The Bertz CT molecular complexity index is 323. The Balaban J connectivity index is 1.63. The highest BCUT2D eigenvalue weighted by Gasteiger charge is 2.35. The lowest BCUT2D eigenvalue weighted by Gasteiger charge is -2.30. The van der Waals surface area contributed by atoms with Crippen molar-refractivity contribution in [2.45, 2.75) is 82.7 Å². The van der Waals surface area contributed by atoms with Crippen LogP contribution >= 0.6 is 0 Å². The Labute approximate surface area is 132 Å². The SMILES string of the molecule is CC(C)(C)OC(=O)COC1CCC([S+]2CCCCC2)CC1. The molecule has 0 amide bonds. The summed E-state index contributed by atoms with van der Waals surface area (Å²) in [5.74, 6) is 2.70. The smallest absolute Gasteiger partial charge is 0.332 e. The van der Waals surface area contributed by atoms with E-state index in [-0.39, 0.29) is 18.7 Å². The van der Waals surface area contributed by atoms with Crippen molar-refractivity contribution >= 4 is 16.9 Å². The zero-order chi connectivity index (χ0) is 15.3. The molecule has 122 valence electrons. The van der Waals surface area contributed by atoms with Crippen molar-refractivity contribution in [3.8, 4) is 0 Å². The van der Waals surface area contributed by atoms with Gasteiger partial charge in [0.1, 0.15) is 29.0 Å². The van der Waals surface area contributed by atoms with Crippen LogP contribution < -0.4 is 0 Å². The van der Waals surface area contributed by atoms with E-state index in [2.05, 4.69) is 0 Å². The van der Waals surface area contributed by atoms with Crippen LogP contribution in [-0.2, 0) is 25.2 Å². The van der Waals surface area contributed by atoms with Gasteiger partial charge in [-0.15, -0.1) is 0 Å². The van der Waals surface area contributed by atoms with E-state index in [1.807, 2.05) is 20.8 Å². The summed E-state index contributed by atoms with van der Waals surface area (Å²) in [6.07, 6.45) is 9.42. The summed E-state index contributed by atoms with van der Waals surface area (Å²) >= 11 is 0. The third-order valence-electron chi connectivity index (χ3n) is 4.26. The molecule has 3 nitrogen and oxygen atoms in total. The molecule has 0 spiro atoms. The van der Waals surface area contributed by atoms with Gasteiger partial charge in [0.05, 0.1) is 6.10 Å². The van der Waals surface area contributed by atoms with Gasteiger partial charge in [0, 0.05) is 0 Å². The predicted octanol–water partition coefficient (Wildman–Crippen LogP) is 3.46. The highest BCUT2D eigenvalue weighted by Crippen LogP contribution is 2.30. The average molecular weight is 315 g/mol. The molecule has 1 saturated carbocycles. The zero-order valence-corrected chi connectivity index (χ0v) is 14.7. The average Bonchev–Trinajstić information content (AvgIpc) is 2.45. The first-order valence-corrected chi connectivity index (χ1v) is 10.1. The monoisotopic (exact) mass is 315 g/mol. The Morgan fingerprint density at radius 1 is 1.05 bits per heavy atom. The number of hydrogen-bond donors (Lipinski definition) is 0. The number of carbonyl (C=O) groups is 1. The van der Waals surface area contributed by atoms with Gasteiger partial charge in [0.25, 0.3) is 0 Å². The minimum Gasteiger partial charge on any atom is -0.458 e. The summed E-state index contributed by atoms with van der Waals surface area (Å²) in [6.45, 7) is 5.78. The Morgan fingerprint density at radius 2 is 1.67 bits per heavy atom. The van der Waals surface area contributed by atoms with Gasteiger partial charge in [0.2, 0.25) is 0 Å². The molecular formula is C17H31O3S+. The fourth-order valence-electron chi connectivity index (χ4n) is 3.28. The molecule has 2 fully saturated rings. The number of rotatable bonds is 4. The van der Waals surface area contributed by atoms with Crippen molar-refractivity contribution in [1.82, 2.24) is 0 Å². The lowest BCUT2D eigenvalue weighted by molar-refractivity contribution is -0.162. The molecule has 0 unspecified atom stereocenters. The van der Waals surface area contributed by atoms with E-state index in [9.17, 15) is 4.79 Å². The van der Waals surface area contributed by atoms with E-state index in [1.54, 1.807) is 0 Å². The van der Waals surface area contributed by atoms with Gasteiger partial charge in [-0.1, -0.05) is 0 Å². The molecule has 4 heteroatoms. The summed E-state index contributed by atoms with van der Waals surface area (Å²) < 4.78 is 11.0. The first-order valence-electron chi connectivity index (χ1n) is 8.44. The van der Waals surface area contributed by atoms with Crippen molar-refractivity contribution in [2.24, 2.45) is 0 Å². The van der Waals surface area contributed by atoms with Crippen molar-refractivity contribution in [3.05, 3.63) is 0 Å². The van der Waals surface area contributed by atoms with Gasteiger partial charge in [-0.2, -0.15) is 0 Å². The van der Waals surface area contributed by atoms with E-state index in [4.69, 9.17) is 9.47 Å². The van der Waals surface area contributed by atoms with Crippen molar-refractivity contribution < 1.29 is 14.3 Å².